The Kier molecular flexibility index (Phi) is 10.1. The lowest BCUT2D eigenvalue weighted by Crippen LogP contribution is -2.58. The van der Waals surface area contributed by atoms with E-state index in [4.69, 9.17) is 5.73 Å². The molecule has 210 valence electrons. The fourth-order valence-electron chi connectivity index (χ4n) is 5.06. The molecule has 3 atom stereocenters. The van der Waals surface area contributed by atoms with Crippen molar-refractivity contribution < 1.29 is 29.4 Å². The van der Waals surface area contributed by atoms with Gasteiger partial charge < -0.3 is 31.5 Å². The van der Waals surface area contributed by atoms with E-state index < -0.39 is 35.9 Å². The number of hydrogen-bond acceptors (Lipinski definition) is 6. The van der Waals surface area contributed by atoms with Gasteiger partial charge in [0.15, 0.2) is 0 Å². The van der Waals surface area contributed by atoms with Crippen molar-refractivity contribution in [1.29, 1.82) is 0 Å². The number of fused-ring (bicyclic) bond motifs is 1. The summed E-state index contributed by atoms with van der Waals surface area (Å²) in [5.74, 6) is -2.13. The van der Waals surface area contributed by atoms with Crippen molar-refractivity contribution in [2.45, 2.75) is 77.5 Å². The summed E-state index contributed by atoms with van der Waals surface area (Å²) in [7, 11) is 0. The van der Waals surface area contributed by atoms with Crippen molar-refractivity contribution in [2.24, 2.45) is 5.73 Å². The zero-order chi connectivity index (χ0) is 28.7. The van der Waals surface area contributed by atoms with Crippen LogP contribution in [-0.4, -0.2) is 63.5 Å². The number of benzene rings is 2. The van der Waals surface area contributed by atoms with Gasteiger partial charge in [-0.1, -0.05) is 24.3 Å². The summed E-state index contributed by atoms with van der Waals surface area (Å²) in [4.78, 5) is 51.5. The van der Waals surface area contributed by atoms with E-state index in [-0.39, 0.29) is 37.5 Å². The number of amides is 3. The summed E-state index contributed by atoms with van der Waals surface area (Å²) in [6.07, 6.45) is 1.73. The number of nitrogens with one attached hydrogen (secondary N) is 2. The van der Waals surface area contributed by atoms with Gasteiger partial charge in [-0.3, -0.25) is 14.4 Å². The number of carboxylic acids is 1. The molecular formula is C29H38N4O6. The number of aryl methyl sites for hydroxylation is 2. The van der Waals surface area contributed by atoms with Crippen molar-refractivity contribution >= 4 is 23.7 Å². The number of unbranched alkanes of at least 4 members (excludes halogenated alkanes) is 1. The van der Waals surface area contributed by atoms with Crippen LogP contribution in [-0.2, 0) is 38.6 Å². The fraction of sp³-hybridized carbons (Fsp3) is 0.448. The van der Waals surface area contributed by atoms with Crippen LogP contribution in [0.1, 0.15) is 54.0 Å². The van der Waals surface area contributed by atoms with Crippen LogP contribution in [0, 0.1) is 13.8 Å². The highest BCUT2D eigenvalue weighted by Gasteiger charge is 2.38. The van der Waals surface area contributed by atoms with Gasteiger partial charge in [0.1, 0.15) is 17.8 Å². The molecule has 0 unspecified atom stereocenters. The molecule has 2 aromatic carbocycles. The molecule has 0 aromatic heterocycles. The summed E-state index contributed by atoms with van der Waals surface area (Å²) >= 11 is 0. The maximum atomic E-state index is 13.7. The molecular weight excluding hydrogens is 500 g/mol. The topological polar surface area (TPSA) is 162 Å². The van der Waals surface area contributed by atoms with Gasteiger partial charge >= 0.3 is 5.97 Å². The molecule has 0 saturated heterocycles. The first-order valence-corrected chi connectivity index (χ1v) is 13.2. The Bertz CT molecular complexity index is 1210. The molecule has 1 aliphatic heterocycles. The quantitative estimate of drug-likeness (QED) is 0.272. The minimum absolute atomic E-state index is 0.140. The molecule has 10 nitrogen and oxygen atoms in total. The van der Waals surface area contributed by atoms with Crippen LogP contribution < -0.4 is 16.4 Å². The standard InChI is InChI=1S/C29H38N4O6/c1-17-12-22(35)13-18(2)23(17)15-24(30)28(37)33-16-21-9-5-4-8-20(21)14-26(33)27(36)32-25(29(38)39)10-6-7-11-31-19(3)34/h4-5,8-9,12-13,24-26,35H,6-7,10-11,14-16,30H2,1-3H3,(H,31,34)(H,32,36)(H,38,39)/t24-,25+,26-/m0/s1. The Hall–Kier alpha value is -3.92. The number of carbonyl (C=O) groups excluding carboxylic acids is 3. The summed E-state index contributed by atoms with van der Waals surface area (Å²) in [5, 5.41) is 24.9. The molecule has 0 bridgehead atoms. The van der Waals surface area contributed by atoms with Crippen molar-refractivity contribution in [3.05, 3.63) is 64.2 Å². The number of nitrogens with zero attached hydrogens (tertiary/aromatic N) is 1. The molecule has 0 radical (unpaired) electrons. The third-order valence-electron chi connectivity index (χ3n) is 7.16. The number of carbonyl (C=O) groups is 4. The number of nitrogens with two attached hydrogens (primary N) is 1. The van der Waals surface area contributed by atoms with Gasteiger partial charge in [-0.05, 0) is 79.5 Å². The van der Waals surface area contributed by atoms with Crippen LogP contribution in [0.3, 0.4) is 0 Å². The number of aliphatic carboxylic acids is 1. The van der Waals surface area contributed by atoms with Gasteiger partial charge in [0.25, 0.3) is 0 Å². The lowest BCUT2D eigenvalue weighted by molar-refractivity contribution is -0.146. The second-order valence-electron chi connectivity index (χ2n) is 10.2. The van der Waals surface area contributed by atoms with Crippen molar-refractivity contribution in [3.63, 3.8) is 0 Å². The minimum Gasteiger partial charge on any atom is -0.508 e. The predicted molar refractivity (Wildman–Crippen MR) is 146 cm³/mol. The van der Waals surface area contributed by atoms with Crippen LogP contribution in [0.5, 0.6) is 5.75 Å². The lowest BCUT2D eigenvalue weighted by atomic mass is 9.91. The normalized spacial score (nSPS) is 16.1. The summed E-state index contributed by atoms with van der Waals surface area (Å²) in [6, 6.07) is 7.80. The van der Waals surface area contributed by atoms with Crippen LogP contribution in [0.4, 0.5) is 0 Å². The molecule has 39 heavy (non-hydrogen) atoms. The molecule has 0 saturated carbocycles. The summed E-state index contributed by atoms with van der Waals surface area (Å²) in [6.45, 7) is 5.70. The van der Waals surface area contributed by atoms with E-state index in [1.165, 1.54) is 11.8 Å². The molecule has 10 heteroatoms. The molecule has 0 fully saturated rings. The molecule has 0 spiro atoms. The lowest BCUT2D eigenvalue weighted by Gasteiger charge is -2.38. The Morgan fingerprint density at radius 2 is 1.72 bits per heavy atom. The third kappa shape index (κ3) is 7.79. The number of aromatic hydroxyl groups is 1. The van der Waals surface area contributed by atoms with E-state index in [1.807, 2.05) is 38.1 Å². The van der Waals surface area contributed by atoms with E-state index in [9.17, 15) is 29.4 Å². The summed E-state index contributed by atoms with van der Waals surface area (Å²) < 4.78 is 0. The Morgan fingerprint density at radius 1 is 1.08 bits per heavy atom. The smallest absolute Gasteiger partial charge is 0.326 e. The maximum Gasteiger partial charge on any atom is 0.326 e. The molecule has 2 aromatic rings. The zero-order valence-corrected chi connectivity index (χ0v) is 22.7. The highest BCUT2D eigenvalue weighted by atomic mass is 16.4. The van der Waals surface area contributed by atoms with E-state index in [1.54, 1.807) is 12.1 Å². The van der Waals surface area contributed by atoms with Gasteiger partial charge in [-0.2, -0.15) is 0 Å². The van der Waals surface area contributed by atoms with Gasteiger partial charge in [0.05, 0.1) is 6.04 Å². The number of phenols is 1. The van der Waals surface area contributed by atoms with Crippen LogP contribution in [0.2, 0.25) is 0 Å². The van der Waals surface area contributed by atoms with E-state index >= 15 is 0 Å². The third-order valence-corrected chi connectivity index (χ3v) is 7.16. The molecule has 1 heterocycles. The average Bonchev–Trinajstić information content (AvgIpc) is 2.88. The van der Waals surface area contributed by atoms with E-state index in [0.29, 0.717) is 19.4 Å². The van der Waals surface area contributed by atoms with Gasteiger partial charge in [0.2, 0.25) is 17.7 Å². The van der Waals surface area contributed by atoms with Gasteiger partial charge in [-0.15, -0.1) is 0 Å². The maximum absolute atomic E-state index is 13.7. The Labute approximate surface area is 228 Å². The fourth-order valence-corrected chi connectivity index (χ4v) is 5.06. The number of carboxylic acid groups (broad SMARTS) is 1. The molecule has 0 aliphatic carbocycles. The largest absolute Gasteiger partial charge is 0.508 e. The highest BCUT2D eigenvalue weighted by Crippen LogP contribution is 2.26. The van der Waals surface area contributed by atoms with E-state index in [0.717, 1.165) is 27.8 Å². The molecule has 6 N–H and O–H groups in total. The number of hydrogen-bond donors (Lipinski definition) is 5. The van der Waals surface area contributed by atoms with Crippen molar-refractivity contribution in [1.82, 2.24) is 15.5 Å². The SMILES string of the molecule is CC(=O)NCCCC[C@@H](NC(=O)[C@@H]1Cc2ccccc2CN1C(=O)[C@@H](N)Cc1c(C)cc(O)cc1C)C(=O)O. The summed E-state index contributed by atoms with van der Waals surface area (Å²) in [5.41, 5.74) is 10.7. The predicted octanol–water partition coefficient (Wildman–Crippen LogP) is 1.71. The van der Waals surface area contributed by atoms with Crippen molar-refractivity contribution in [3.8, 4) is 5.75 Å². The second kappa shape index (κ2) is 13.2. The second-order valence-corrected chi connectivity index (χ2v) is 10.2. The Morgan fingerprint density at radius 3 is 2.33 bits per heavy atom. The van der Waals surface area contributed by atoms with Crippen LogP contribution >= 0.6 is 0 Å². The first-order valence-electron chi connectivity index (χ1n) is 13.2. The zero-order valence-electron chi connectivity index (χ0n) is 22.7. The minimum atomic E-state index is -1.16. The number of phenolic OH excluding ortho intramolecular Hbond substituents is 1. The number of rotatable bonds is 11. The highest BCUT2D eigenvalue weighted by molar-refractivity contribution is 5.92. The molecule has 1 aliphatic rings. The van der Waals surface area contributed by atoms with Gasteiger partial charge in [-0.25, -0.2) is 4.79 Å². The van der Waals surface area contributed by atoms with Crippen molar-refractivity contribution in [2.75, 3.05) is 6.54 Å². The van der Waals surface area contributed by atoms with Crippen LogP contribution in [0.25, 0.3) is 0 Å². The molecule has 3 rings (SSSR count). The monoisotopic (exact) mass is 538 g/mol. The average molecular weight is 539 g/mol. The first-order chi connectivity index (χ1) is 18.5. The van der Waals surface area contributed by atoms with E-state index in [2.05, 4.69) is 10.6 Å². The molecule has 3 amide bonds. The van der Waals surface area contributed by atoms with Gasteiger partial charge in [0, 0.05) is 26.4 Å². The first kappa shape index (κ1) is 29.6. The van der Waals surface area contributed by atoms with Crippen LogP contribution in [0.15, 0.2) is 36.4 Å². The Balaban J connectivity index is 1.77.